The van der Waals surface area contributed by atoms with Gasteiger partial charge in [-0.05, 0) is 29.8 Å². The number of nitro groups is 1. The van der Waals surface area contributed by atoms with Gasteiger partial charge in [-0.1, -0.05) is 40.4 Å². The molecule has 0 unspecified atom stereocenters. The zero-order chi connectivity index (χ0) is 19.4. The minimum atomic E-state index is -0.547. The average Bonchev–Trinajstić information content (AvgIpc) is 3.10. The number of nitro benzene ring substituents is 1. The number of aromatic nitrogens is 2. The van der Waals surface area contributed by atoms with Crippen molar-refractivity contribution in [3.8, 4) is 11.5 Å². The van der Waals surface area contributed by atoms with Crippen LogP contribution < -0.4 is 5.32 Å². The smallest absolute Gasteiger partial charge is 0.322 e. The van der Waals surface area contributed by atoms with Gasteiger partial charge in [0.15, 0.2) is 0 Å². The SMILES string of the molecule is O=C(/C=C/c1cccc([N+](=O)[O-])c1)Nc1nnc(-c2cc(Cl)ccc2Cl)o1. The Morgan fingerprint density at radius 1 is 1.19 bits per heavy atom. The van der Waals surface area contributed by atoms with Crippen molar-refractivity contribution in [2.45, 2.75) is 0 Å². The third-order valence-corrected chi connectivity index (χ3v) is 3.89. The Kier molecular flexibility index (Phi) is 5.49. The lowest BCUT2D eigenvalue weighted by Crippen LogP contribution is -2.07. The molecule has 0 bridgehead atoms. The molecule has 3 aromatic rings. The molecule has 1 amide bonds. The Hall–Kier alpha value is -3.23. The summed E-state index contributed by atoms with van der Waals surface area (Å²) in [7, 11) is 0. The van der Waals surface area contributed by atoms with E-state index in [4.69, 9.17) is 27.6 Å². The van der Waals surface area contributed by atoms with Crippen LogP contribution in [0, 0.1) is 10.1 Å². The molecule has 10 heteroatoms. The van der Waals surface area contributed by atoms with Crippen molar-refractivity contribution in [3.05, 3.63) is 74.3 Å². The molecular formula is C17H10Cl2N4O4. The molecule has 0 spiro atoms. The molecule has 0 fully saturated rings. The van der Waals surface area contributed by atoms with Crippen molar-refractivity contribution in [1.29, 1.82) is 0 Å². The van der Waals surface area contributed by atoms with Crippen LogP contribution in [0.2, 0.25) is 10.0 Å². The van der Waals surface area contributed by atoms with E-state index in [1.54, 1.807) is 24.3 Å². The minimum Gasteiger partial charge on any atom is -0.403 e. The number of anilines is 1. The Labute approximate surface area is 162 Å². The summed E-state index contributed by atoms with van der Waals surface area (Å²) < 4.78 is 5.36. The number of hydrogen-bond donors (Lipinski definition) is 1. The van der Waals surface area contributed by atoms with E-state index in [1.165, 1.54) is 30.4 Å². The number of carbonyl (C=O) groups excluding carboxylic acids is 1. The summed E-state index contributed by atoms with van der Waals surface area (Å²) in [6, 6.07) is 10.5. The molecule has 8 nitrogen and oxygen atoms in total. The fourth-order valence-corrected chi connectivity index (χ4v) is 2.48. The summed E-state index contributed by atoms with van der Waals surface area (Å²) >= 11 is 12.0. The van der Waals surface area contributed by atoms with Crippen molar-refractivity contribution < 1.29 is 14.1 Å². The van der Waals surface area contributed by atoms with E-state index in [1.807, 2.05) is 0 Å². The van der Waals surface area contributed by atoms with Crippen LogP contribution in [0.15, 0.2) is 53.0 Å². The second kappa shape index (κ2) is 7.98. The largest absolute Gasteiger partial charge is 0.403 e. The maximum Gasteiger partial charge on any atom is 0.322 e. The summed E-state index contributed by atoms with van der Waals surface area (Å²) in [4.78, 5) is 22.2. The minimum absolute atomic E-state index is 0.0718. The average molecular weight is 405 g/mol. The van der Waals surface area contributed by atoms with Gasteiger partial charge in [0.05, 0.1) is 15.5 Å². The lowest BCUT2D eigenvalue weighted by molar-refractivity contribution is -0.384. The van der Waals surface area contributed by atoms with Crippen molar-refractivity contribution in [3.63, 3.8) is 0 Å². The molecule has 1 aromatic heterocycles. The number of nitrogens with one attached hydrogen (secondary N) is 1. The van der Waals surface area contributed by atoms with Gasteiger partial charge in [-0.2, -0.15) is 0 Å². The Morgan fingerprint density at radius 3 is 2.78 bits per heavy atom. The normalized spacial score (nSPS) is 10.9. The van der Waals surface area contributed by atoms with Crippen LogP contribution in [0.4, 0.5) is 11.7 Å². The number of benzene rings is 2. The molecule has 0 aliphatic rings. The van der Waals surface area contributed by atoms with Crippen LogP contribution in [0.1, 0.15) is 5.56 Å². The van der Waals surface area contributed by atoms with Crippen molar-refractivity contribution in [2.75, 3.05) is 5.32 Å². The second-order valence-electron chi connectivity index (χ2n) is 5.21. The molecule has 0 saturated carbocycles. The zero-order valence-electron chi connectivity index (χ0n) is 13.4. The fraction of sp³-hybridized carbons (Fsp3) is 0. The molecule has 1 heterocycles. The maximum atomic E-state index is 12.0. The Morgan fingerprint density at radius 2 is 2.00 bits per heavy atom. The zero-order valence-corrected chi connectivity index (χ0v) is 14.9. The highest BCUT2D eigenvalue weighted by molar-refractivity contribution is 6.35. The molecular weight excluding hydrogens is 395 g/mol. The molecule has 0 saturated heterocycles. The van der Waals surface area contributed by atoms with E-state index in [-0.39, 0.29) is 17.6 Å². The van der Waals surface area contributed by atoms with E-state index < -0.39 is 10.8 Å². The van der Waals surface area contributed by atoms with Crippen LogP contribution in [-0.2, 0) is 4.79 Å². The first-order valence-electron chi connectivity index (χ1n) is 7.45. The molecule has 3 rings (SSSR count). The quantitative estimate of drug-likeness (QED) is 0.377. The van der Waals surface area contributed by atoms with Crippen molar-refractivity contribution in [1.82, 2.24) is 10.2 Å². The summed E-state index contributed by atoms with van der Waals surface area (Å²) in [6.45, 7) is 0. The highest BCUT2D eigenvalue weighted by Crippen LogP contribution is 2.30. The molecule has 0 aliphatic carbocycles. The van der Waals surface area contributed by atoms with Crippen LogP contribution in [0.5, 0.6) is 0 Å². The lowest BCUT2D eigenvalue weighted by Gasteiger charge is -1.99. The molecule has 0 radical (unpaired) electrons. The number of rotatable bonds is 5. The summed E-state index contributed by atoms with van der Waals surface area (Å²) in [5.74, 6) is -0.450. The van der Waals surface area contributed by atoms with Gasteiger partial charge in [-0.15, -0.1) is 5.10 Å². The van der Waals surface area contributed by atoms with Gasteiger partial charge < -0.3 is 4.42 Å². The van der Waals surface area contributed by atoms with Crippen LogP contribution in [-0.4, -0.2) is 21.0 Å². The number of amides is 1. The first kappa shape index (κ1) is 18.6. The Bertz CT molecular complexity index is 1050. The van der Waals surface area contributed by atoms with Gasteiger partial charge in [0, 0.05) is 23.2 Å². The third kappa shape index (κ3) is 4.69. The monoisotopic (exact) mass is 404 g/mol. The van der Waals surface area contributed by atoms with E-state index in [0.717, 1.165) is 0 Å². The summed E-state index contributed by atoms with van der Waals surface area (Å²) in [5, 5.41) is 21.5. The van der Waals surface area contributed by atoms with Gasteiger partial charge in [0.2, 0.25) is 0 Å². The summed E-state index contributed by atoms with van der Waals surface area (Å²) in [6.07, 6.45) is 2.61. The number of nitrogens with zero attached hydrogens (tertiary/aromatic N) is 3. The fourth-order valence-electron chi connectivity index (χ4n) is 2.10. The molecule has 136 valence electrons. The first-order chi connectivity index (χ1) is 12.9. The lowest BCUT2D eigenvalue weighted by atomic mass is 10.2. The number of non-ortho nitro benzene ring substituents is 1. The van der Waals surface area contributed by atoms with E-state index in [9.17, 15) is 14.9 Å². The number of hydrogen-bond acceptors (Lipinski definition) is 6. The van der Waals surface area contributed by atoms with Crippen LogP contribution >= 0.6 is 23.2 Å². The number of carbonyl (C=O) groups is 1. The third-order valence-electron chi connectivity index (χ3n) is 3.32. The molecule has 2 aromatic carbocycles. The molecule has 27 heavy (non-hydrogen) atoms. The van der Waals surface area contributed by atoms with E-state index >= 15 is 0 Å². The summed E-state index contributed by atoms with van der Waals surface area (Å²) in [5.41, 5.74) is 0.859. The highest BCUT2D eigenvalue weighted by atomic mass is 35.5. The van der Waals surface area contributed by atoms with Gasteiger partial charge in [-0.25, -0.2) is 0 Å². The van der Waals surface area contributed by atoms with Crippen molar-refractivity contribution >= 4 is 46.9 Å². The topological polar surface area (TPSA) is 111 Å². The predicted octanol–water partition coefficient (Wildman–Crippen LogP) is 4.60. The van der Waals surface area contributed by atoms with Crippen molar-refractivity contribution in [2.24, 2.45) is 0 Å². The van der Waals surface area contributed by atoms with Crippen LogP contribution in [0.25, 0.3) is 17.5 Å². The van der Waals surface area contributed by atoms with Gasteiger partial charge in [-0.3, -0.25) is 20.2 Å². The first-order valence-corrected chi connectivity index (χ1v) is 8.20. The van der Waals surface area contributed by atoms with E-state index in [2.05, 4.69) is 15.5 Å². The number of halogens is 2. The second-order valence-corrected chi connectivity index (χ2v) is 6.05. The standard InChI is InChI=1S/C17H10Cl2N4O4/c18-11-5-6-14(19)13(9-11)16-21-22-17(27-16)20-15(24)7-4-10-2-1-3-12(8-10)23(25)26/h1-9H,(H,20,22,24)/b7-4+. The van der Waals surface area contributed by atoms with E-state index in [0.29, 0.717) is 21.2 Å². The molecule has 0 aliphatic heterocycles. The highest BCUT2D eigenvalue weighted by Gasteiger charge is 2.13. The predicted molar refractivity (Wildman–Crippen MR) is 101 cm³/mol. The van der Waals surface area contributed by atoms with Crippen LogP contribution in [0.3, 0.4) is 0 Å². The Balaban J connectivity index is 1.70. The van der Waals surface area contributed by atoms with Gasteiger partial charge >= 0.3 is 6.01 Å². The van der Waals surface area contributed by atoms with Gasteiger partial charge in [0.1, 0.15) is 0 Å². The van der Waals surface area contributed by atoms with Gasteiger partial charge in [0.25, 0.3) is 17.5 Å². The molecule has 1 N–H and O–H groups in total. The maximum absolute atomic E-state index is 12.0. The molecule has 0 atom stereocenters.